The summed E-state index contributed by atoms with van der Waals surface area (Å²) in [5, 5.41) is 4.22. The molecule has 0 bridgehead atoms. The predicted molar refractivity (Wildman–Crippen MR) is 125 cm³/mol. The molecule has 1 fully saturated rings. The summed E-state index contributed by atoms with van der Waals surface area (Å²) < 4.78 is 6.25. The number of fused-ring (bicyclic) bond motifs is 1. The lowest BCUT2D eigenvalue weighted by Crippen LogP contribution is -2.27. The van der Waals surface area contributed by atoms with Gasteiger partial charge >= 0.3 is 0 Å². The zero-order chi connectivity index (χ0) is 21.8. The van der Waals surface area contributed by atoms with E-state index in [0.717, 1.165) is 42.3 Å². The molecule has 0 aliphatic carbocycles. The van der Waals surface area contributed by atoms with Crippen LogP contribution in [0.15, 0.2) is 36.7 Å². The number of ether oxygens (including phenoxy) is 1. The van der Waals surface area contributed by atoms with Crippen LogP contribution in [-0.2, 0) is 11.3 Å². The van der Waals surface area contributed by atoms with Crippen molar-refractivity contribution < 1.29 is 9.53 Å². The standard InChI is InChI=1S/C24H30N4O2S/c1-16(2)23-26-12-17(13-27-23)14-28-10-8-18(15-28)21-19-6-4-5-7-20(19)31-22(21)24(29)25-9-11-30-3/h4-7,12-13,16,18H,8-11,14-15H2,1-3H3,(H,25,29)/t18-/m0/s1. The molecule has 0 unspecified atom stereocenters. The summed E-state index contributed by atoms with van der Waals surface area (Å²) in [6.07, 6.45) is 4.94. The van der Waals surface area contributed by atoms with Gasteiger partial charge in [-0.2, -0.15) is 0 Å². The van der Waals surface area contributed by atoms with Crippen molar-refractivity contribution in [2.45, 2.75) is 38.6 Å². The van der Waals surface area contributed by atoms with Gasteiger partial charge in [-0.05, 0) is 30.0 Å². The highest BCUT2D eigenvalue weighted by atomic mass is 32.1. The third-order valence-corrected chi connectivity index (χ3v) is 6.95. The quantitative estimate of drug-likeness (QED) is 0.535. The number of aromatic nitrogens is 2. The molecule has 3 heterocycles. The minimum atomic E-state index is 0.00405. The first-order chi connectivity index (χ1) is 15.1. The average molecular weight is 439 g/mol. The van der Waals surface area contributed by atoms with Crippen LogP contribution >= 0.6 is 11.3 Å². The van der Waals surface area contributed by atoms with Crippen molar-refractivity contribution in [3.63, 3.8) is 0 Å². The molecule has 1 N–H and O–H groups in total. The lowest BCUT2D eigenvalue weighted by molar-refractivity contribution is 0.0940. The van der Waals surface area contributed by atoms with Crippen molar-refractivity contribution in [3.8, 4) is 0 Å². The van der Waals surface area contributed by atoms with Crippen LogP contribution in [-0.4, -0.2) is 54.1 Å². The molecule has 4 rings (SSSR count). The van der Waals surface area contributed by atoms with E-state index in [-0.39, 0.29) is 5.91 Å². The van der Waals surface area contributed by atoms with E-state index in [0.29, 0.717) is 25.0 Å². The van der Waals surface area contributed by atoms with Gasteiger partial charge in [-0.15, -0.1) is 11.3 Å². The molecule has 0 spiro atoms. The van der Waals surface area contributed by atoms with Gasteiger partial charge in [0.25, 0.3) is 5.91 Å². The molecule has 1 aliphatic heterocycles. The fourth-order valence-electron chi connectivity index (χ4n) is 4.20. The van der Waals surface area contributed by atoms with Gasteiger partial charge in [0.1, 0.15) is 5.82 Å². The van der Waals surface area contributed by atoms with Gasteiger partial charge in [-0.3, -0.25) is 9.69 Å². The summed E-state index contributed by atoms with van der Waals surface area (Å²) in [7, 11) is 1.64. The molecule has 1 aliphatic rings. The van der Waals surface area contributed by atoms with Gasteiger partial charge in [-0.25, -0.2) is 9.97 Å². The Morgan fingerprint density at radius 2 is 2.06 bits per heavy atom. The lowest BCUT2D eigenvalue weighted by Gasteiger charge is -2.17. The Bertz CT molecular complexity index is 1030. The molecule has 1 saturated heterocycles. The van der Waals surface area contributed by atoms with Gasteiger partial charge in [0.05, 0.1) is 11.5 Å². The number of nitrogens with one attached hydrogen (secondary N) is 1. The number of likely N-dealkylation sites (tertiary alicyclic amines) is 1. The summed E-state index contributed by atoms with van der Waals surface area (Å²) in [6, 6.07) is 8.35. The Hall–Kier alpha value is -2.35. The summed E-state index contributed by atoms with van der Waals surface area (Å²) in [4.78, 5) is 25.2. The third kappa shape index (κ3) is 4.95. The first-order valence-electron chi connectivity index (χ1n) is 10.9. The Kier molecular flexibility index (Phi) is 6.95. The van der Waals surface area contributed by atoms with Gasteiger partial charge in [0, 0.05) is 61.2 Å². The minimum Gasteiger partial charge on any atom is -0.383 e. The van der Waals surface area contributed by atoms with E-state index in [9.17, 15) is 4.79 Å². The largest absolute Gasteiger partial charge is 0.383 e. The number of carbonyl (C=O) groups is 1. The molecule has 7 heteroatoms. The van der Waals surface area contributed by atoms with Crippen molar-refractivity contribution in [3.05, 3.63) is 58.5 Å². The van der Waals surface area contributed by atoms with Gasteiger partial charge < -0.3 is 10.1 Å². The van der Waals surface area contributed by atoms with Crippen LogP contribution in [0.5, 0.6) is 0 Å². The highest BCUT2D eigenvalue weighted by molar-refractivity contribution is 7.21. The van der Waals surface area contributed by atoms with Gasteiger partial charge in [0.15, 0.2) is 0 Å². The van der Waals surface area contributed by atoms with Crippen LogP contribution in [0, 0.1) is 0 Å². The van der Waals surface area contributed by atoms with Crippen LogP contribution in [0.4, 0.5) is 0 Å². The fourth-order valence-corrected chi connectivity index (χ4v) is 5.41. The molecule has 2 aromatic heterocycles. The van der Waals surface area contributed by atoms with Crippen LogP contribution in [0.25, 0.3) is 10.1 Å². The van der Waals surface area contributed by atoms with E-state index in [1.807, 2.05) is 18.5 Å². The van der Waals surface area contributed by atoms with Crippen LogP contribution in [0.2, 0.25) is 0 Å². The first-order valence-corrected chi connectivity index (χ1v) is 11.7. The molecule has 0 saturated carbocycles. The molecule has 164 valence electrons. The maximum atomic E-state index is 12.9. The topological polar surface area (TPSA) is 67.3 Å². The molecule has 31 heavy (non-hydrogen) atoms. The summed E-state index contributed by atoms with van der Waals surface area (Å²) in [6.45, 7) is 8.03. The fraction of sp³-hybridized carbons (Fsp3) is 0.458. The van der Waals surface area contributed by atoms with Crippen LogP contribution < -0.4 is 5.32 Å². The first kappa shape index (κ1) is 21.9. The van der Waals surface area contributed by atoms with Crippen LogP contribution in [0.1, 0.15) is 58.7 Å². The number of methoxy groups -OCH3 is 1. The number of hydrogen-bond donors (Lipinski definition) is 1. The Labute approximate surface area is 187 Å². The zero-order valence-corrected chi connectivity index (χ0v) is 19.2. The molecule has 1 amide bonds. The highest BCUT2D eigenvalue weighted by Gasteiger charge is 2.30. The van der Waals surface area contributed by atoms with Crippen molar-refractivity contribution >= 4 is 27.3 Å². The number of carbonyl (C=O) groups excluding carboxylic acids is 1. The summed E-state index contributed by atoms with van der Waals surface area (Å²) in [5.41, 5.74) is 2.34. The van der Waals surface area contributed by atoms with Crippen LogP contribution in [0.3, 0.4) is 0 Å². The van der Waals surface area contributed by atoms with E-state index in [2.05, 4.69) is 52.2 Å². The number of nitrogens with zero attached hydrogens (tertiary/aromatic N) is 3. The number of thiophene rings is 1. The van der Waals surface area contributed by atoms with Crippen molar-refractivity contribution in [2.24, 2.45) is 0 Å². The van der Waals surface area contributed by atoms with Gasteiger partial charge in [0.2, 0.25) is 0 Å². The van der Waals surface area contributed by atoms with Crippen molar-refractivity contribution in [1.82, 2.24) is 20.2 Å². The Morgan fingerprint density at radius 3 is 2.81 bits per heavy atom. The summed E-state index contributed by atoms with van der Waals surface area (Å²) in [5.74, 6) is 1.57. The van der Waals surface area contributed by atoms with E-state index in [4.69, 9.17) is 4.74 Å². The van der Waals surface area contributed by atoms with Crippen molar-refractivity contribution in [1.29, 1.82) is 0 Å². The maximum Gasteiger partial charge on any atom is 0.261 e. The normalized spacial score (nSPS) is 17.0. The van der Waals surface area contributed by atoms with Gasteiger partial charge in [-0.1, -0.05) is 32.0 Å². The third-order valence-electron chi connectivity index (χ3n) is 5.76. The van der Waals surface area contributed by atoms with E-state index in [1.165, 1.54) is 15.6 Å². The number of amides is 1. The lowest BCUT2D eigenvalue weighted by atomic mass is 9.95. The second kappa shape index (κ2) is 9.85. The molecular weight excluding hydrogens is 408 g/mol. The Balaban J connectivity index is 1.52. The number of rotatable bonds is 8. The minimum absolute atomic E-state index is 0.00405. The molecule has 6 nitrogen and oxygen atoms in total. The zero-order valence-electron chi connectivity index (χ0n) is 18.4. The maximum absolute atomic E-state index is 12.9. The number of hydrogen-bond acceptors (Lipinski definition) is 6. The monoisotopic (exact) mass is 438 g/mol. The predicted octanol–water partition coefficient (Wildman–Crippen LogP) is 4.18. The molecule has 1 aromatic carbocycles. The van der Waals surface area contributed by atoms with E-state index in [1.54, 1.807) is 18.4 Å². The molecule has 1 atom stereocenters. The number of benzene rings is 1. The highest BCUT2D eigenvalue weighted by Crippen LogP contribution is 2.40. The average Bonchev–Trinajstić information content (AvgIpc) is 3.38. The SMILES string of the molecule is COCCNC(=O)c1sc2ccccc2c1[C@H]1CCN(Cc2cnc(C(C)C)nc2)C1. The smallest absolute Gasteiger partial charge is 0.261 e. The molecular formula is C24H30N4O2S. The second-order valence-corrected chi connectivity index (χ2v) is 9.47. The van der Waals surface area contributed by atoms with E-state index < -0.39 is 0 Å². The van der Waals surface area contributed by atoms with Crippen molar-refractivity contribution in [2.75, 3.05) is 33.4 Å². The molecule has 0 radical (unpaired) electrons. The second-order valence-electron chi connectivity index (χ2n) is 8.41. The van der Waals surface area contributed by atoms with E-state index >= 15 is 0 Å². The molecule has 3 aromatic rings. The Morgan fingerprint density at radius 1 is 1.29 bits per heavy atom. The summed E-state index contributed by atoms with van der Waals surface area (Å²) >= 11 is 1.59.